The molecular weight excluding hydrogens is 392 g/mol. The molecule has 0 spiro atoms. The highest BCUT2D eigenvalue weighted by atomic mass is 16.2. The summed E-state index contributed by atoms with van der Waals surface area (Å²) >= 11 is 0. The van der Waals surface area contributed by atoms with Crippen molar-refractivity contribution >= 4 is 11.8 Å². The Kier molecular flexibility index (Phi) is 5.52. The molecule has 7 heteroatoms. The largest absolute Gasteiger partial charge is 0.326 e. The molecule has 0 radical (unpaired) electrons. The maximum Gasteiger partial charge on any atom is 0.271 e. The number of nitrogens with two attached hydrogens (primary N) is 1. The third-order valence-corrected chi connectivity index (χ3v) is 5.28. The van der Waals surface area contributed by atoms with Gasteiger partial charge in [0, 0.05) is 24.2 Å². The quantitative estimate of drug-likeness (QED) is 0.623. The Bertz CT molecular complexity index is 1180. The predicted molar refractivity (Wildman–Crippen MR) is 117 cm³/mol. The summed E-state index contributed by atoms with van der Waals surface area (Å²) in [6.45, 7) is 4.77. The van der Waals surface area contributed by atoms with Gasteiger partial charge in [-0.1, -0.05) is 50.2 Å². The molecule has 2 heterocycles. The zero-order valence-corrected chi connectivity index (χ0v) is 17.5. The molecule has 2 amide bonds. The van der Waals surface area contributed by atoms with Crippen LogP contribution in [0.15, 0.2) is 59.4 Å². The lowest BCUT2D eigenvalue weighted by atomic mass is 10.1. The monoisotopic (exact) mass is 416 g/mol. The Morgan fingerprint density at radius 3 is 2.10 bits per heavy atom. The summed E-state index contributed by atoms with van der Waals surface area (Å²) in [7, 11) is 0. The van der Waals surface area contributed by atoms with E-state index in [9.17, 15) is 14.4 Å². The van der Waals surface area contributed by atoms with Gasteiger partial charge < -0.3 is 5.73 Å². The van der Waals surface area contributed by atoms with Gasteiger partial charge in [-0.2, -0.15) is 5.10 Å². The number of hydrogen-bond donors (Lipinski definition) is 1. The van der Waals surface area contributed by atoms with Gasteiger partial charge in [-0.15, -0.1) is 0 Å². The second-order valence-corrected chi connectivity index (χ2v) is 8.08. The van der Waals surface area contributed by atoms with Gasteiger partial charge in [0.25, 0.3) is 17.4 Å². The third-order valence-electron chi connectivity index (χ3n) is 5.28. The molecule has 0 bridgehead atoms. The fourth-order valence-electron chi connectivity index (χ4n) is 3.69. The van der Waals surface area contributed by atoms with Crippen molar-refractivity contribution < 1.29 is 9.59 Å². The van der Waals surface area contributed by atoms with Crippen molar-refractivity contribution in [3.8, 4) is 11.3 Å². The summed E-state index contributed by atoms with van der Waals surface area (Å²) < 4.78 is 1.42. The number of rotatable bonds is 6. The van der Waals surface area contributed by atoms with Gasteiger partial charge in [-0.25, -0.2) is 4.68 Å². The number of carbonyl (C=O) groups excluding carboxylic acids is 2. The fraction of sp³-hybridized carbons (Fsp3) is 0.250. The molecule has 0 fully saturated rings. The first-order valence-electron chi connectivity index (χ1n) is 10.2. The van der Waals surface area contributed by atoms with Crippen molar-refractivity contribution in [1.82, 2.24) is 14.7 Å². The third kappa shape index (κ3) is 3.92. The van der Waals surface area contributed by atoms with E-state index in [4.69, 9.17) is 5.73 Å². The van der Waals surface area contributed by atoms with Crippen LogP contribution < -0.4 is 11.3 Å². The Hall–Kier alpha value is -3.58. The van der Waals surface area contributed by atoms with Crippen LogP contribution in [0.3, 0.4) is 0 Å². The first-order valence-corrected chi connectivity index (χ1v) is 10.2. The van der Waals surface area contributed by atoms with Gasteiger partial charge in [0.15, 0.2) is 0 Å². The number of amides is 2. The number of hydrogen-bond acceptors (Lipinski definition) is 5. The minimum absolute atomic E-state index is 0.0975. The van der Waals surface area contributed by atoms with Gasteiger partial charge in [-0.3, -0.25) is 19.3 Å². The zero-order valence-electron chi connectivity index (χ0n) is 17.5. The molecule has 0 unspecified atom stereocenters. The minimum Gasteiger partial charge on any atom is -0.326 e. The molecule has 1 aliphatic rings. The minimum atomic E-state index is -0.388. The lowest BCUT2D eigenvalue weighted by molar-refractivity contribution is 0.0641. The van der Waals surface area contributed by atoms with Gasteiger partial charge >= 0.3 is 0 Å². The van der Waals surface area contributed by atoms with E-state index in [0.717, 1.165) is 16.0 Å². The van der Waals surface area contributed by atoms with Crippen LogP contribution in [-0.2, 0) is 19.6 Å². The van der Waals surface area contributed by atoms with Crippen molar-refractivity contribution in [3.05, 3.63) is 87.2 Å². The SMILES string of the molecule is CC(C)Cn1nc(-c2ccc(CN)cc2)cc(CN2C(=O)c3ccccc3C2=O)c1=O. The lowest BCUT2D eigenvalue weighted by Gasteiger charge is -2.17. The standard InChI is InChI=1S/C24H24N4O3/c1-15(2)13-28-22(29)18(11-21(26-28)17-9-7-16(12-25)8-10-17)14-27-23(30)19-5-3-4-6-20(19)24(27)31/h3-11,15H,12-14,25H2,1-2H3. The summed E-state index contributed by atoms with van der Waals surface area (Å²) in [5, 5.41) is 4.54. The van der Waals surface area contributed by atoms with E-state index in [1.807, 2.05) is 38.1 Å². The first kappa shape index (κ1) is 20.7. The molecule has 0 saturated carbocycles. The average molecular weight is 416 g/mol. The van der Waals surface area contributed by atoms with Crippen molar-refractivity contribution in [2.24, 2.45) is 11.7 Å². The van der Waals surface area contributed by atoms with E-state index in [0.29, 0.717) is 35.5 Å². The Morgan fingerprint density at radius 2 is 1.55 bits per heavy atom. The summed E-state index contributed by atoms with van der Waals surface area (Å²) in [6.07, 6.45) is 0. The molecule has 0 aliphatic carbocycles. The number of carbonyl (C=O) groups is 2. The van der Waals surface area contributed by atoms with Crippen LogP contribution in [0.5, 0.6) is 0 Å². The van der Waals surface area contributed by atoms with E-state index in [1.165, 1.54) is 4.68 Å². The molecule has 1 aromatic heterocycles. The van der Waals surface area contributed by atoms with E-state index in [2.05, 4.69) is 5.10 Å². The molecule has 4 rings (SSSR count). The van der Waals surface area contributed by atoms with Crippen molar-refractivity contribution in [2.45, 2.75) is 33.5 Å². The summed E-state index contributed by atoms with van der Waals surface area (Å²) in [4.78, 5) is 39.8. The van der Waals surface area contributed by atoms with Crippen LogP contribution in [0, 0.1) is 5.92 Å². The second-order valence-electron chi connectivity index (χ2n) is 8.08. The highest BCUT2D eigenvalue weighted by Gasteiger charge is 2.35. The van der Waals surface area contributed by atoms with Crippen molar-refractivity contribution in [1.29, 1.82) is 0 Å². The van der Waals surface area contributed by atoms with Crippen molar-refractivity contribution in [3.63, 3.8) is 0 Å². The predicted octanol–water partition coefficient (Wildman–Crippen LogP) is 2.82. The molecule has 2 aromatic carbocycles. The topological polar surface area (TPSA) is 98.3 Å². The first-order chi connectivity index (χ1) is 14.9. The molecular formula is C24H24N4O3. The van der Waals surface area contributed by atoms with E-state index < -0.39 is 0 Å². The van der Waals surface area contributed by atoms with Crippen LogP contribution in [0.4, 0.5) is 0 Å². The molecule has 2 N–H and O–H groups in total. The van der Waals surface area contributed by atoms with E-state index in [-0.39, 0.29) is 29.8 Å². The lowest BCUT2D eigenvalue weighted by Crippen LogP contribution is -2.35. The number of benzene rings is 2. The molecule has 0 saturated heterocycles. The van der Waals surface area contributed by atoms with Gasteiger partial charge in [0.2, 0.25) is 0 Å². The van der Waals surface area contributed by atoms with E-state index in [1.54, 1.807) is 30.3 Å². The maximum atomic E-state index is 13.1. The Balaban J connectivity index is 1.75. The van der Waals surface area contributed by atoms with Crippen LogP contribution in [0.25, 0.3) is 11.3 Å². The Labute approximate surface area is 180 Å². The highest BCUT2D eigenvalue weighted by molar-refractivity contribution is 6.21. The number of imide groups is 1. The van der Waals surface area contributed by atoms with Gasteiger partial charge in [0.05, 0.1) is 23.4 Å². The zero-order chi connectivity index (χ0) is 22.1. The van der Waals surface area contributed by atoms with Gasteiger partial charge in [0.1, 0.15) is 0 Å². The smallest absolute Gasteiger partial charge is 0.271 e. The molecule has 7 nitrogen and oxygen atoms in total. The fourth-order valence-corrected chi connectivity index (χ4v) is 3.69. The maximum absolute atomic E-state index is 13.1. The Morgan fingerprint density at radius 1 is 0.935 bits per heavy atom. The van der Waals surface area contributed by atoms with Crippen LogP contribution in [0.2, 0.25) is 0 Å². The second kappa shape index (κ2) is 8.28. The summed E-state index contributed by atoms with van der Waals surface area (Å²) in [5.74, 6) is -0.575. The van der Waals surface area contributed by atoms with Crippen LogP contribution >= 0.6 is 0 Å². The molecule has 3 aromatic rings. The van der Waals surface area contributed by atoms with Crippen LogP contribution in [-0.4, -0.2) is 26.5 Å². The molecule has 0 atom stereocenters. The molecule has 1 aliphatic heterocycles. The van der Waals surface area contributed by atoms with Gasteiger partial charge in [-0.05, 0) is 29.7 Å². The normalized spacial score (nSPS) is 13.2. The number of fused-ring (bicyclic) bond motifs is 1. The van der Waals surface area contributed by atoms with Crippen LogP contribution in [0.1, 0.15) is 45.7 Å². The number of aromatic nitrogens is 2. The van der Waals surface area contributed by atoms with Crippen molar-refractivity contribution in [2.75, 3.05) is 0 Å². The van der Waals surface area contributed by atoms with E-state index >= 15 is 0 Å². The average Bonchev–Trinajstić information content (AvgIpc) is 3.01. The molecule has 31 heavy (non-hydrogen) atoms. The summed E-state index contributed by atoms with van der Waals surface area (Å²) in [6, 6.07) is 16.0. The summed E-state index contributed by atoms with van der Waals surface area (Å²) in [5.41, 5.74) is 8.89. The highest BCUT2D eigenvalue weighted by Crippen LogP contribution is 2.25. The molecule has 158 valence electrons. The number of nitrogens with zero attached hydrogens (tertiary/aromatic N) is 3.